The second-order valence-electron chi connectivity index (χ2n) is 5.62. The lowest BCUT2D eigenvalue weighted by molar-refractivity contribution is -0.147. The minimum absolute atomic E-state index is 0.209. The highest BCUT2D eigenvalue weighted by Gasteiger charge is 2.41. The highest BCUT2D eigenvalue weighted by atomic mass is 35.5. The molecule has 1 aromatic rings. The molecular formula is C14H18ClN3O3. The first-order valence-corrected chi connectivity index (χ1v) is 7.02. The summed E-state index contributed by atoms with van der Waals surface area (Å²) in [7, 11) is 1.73. The van der Waals surface area contributed by atoms with E-state index in [1.54, 1.807) is 29.6 Å². The molecule has 2 heterocycles. The van der Waals surface area contributed by atoms with Gasteiger partial charge < -0.3 is 10.0 Å². The van der Waals surface area contributed by atoms with E-state index in [4.69, 9.17) is 11.6 Å². The van der Waals surface area contributed by atoms with Crippen LogP contribution in [0.3, 0.4) is 0 Å². The van der Waals surface area contributed by atoms with Crippen LogP contribution in [0.25, 0.3) is 6.08 Å². The number of aryl methyl sites for hydroxylation is 2. The van der Waals surface area contributed by atoms with E-state index in [1.807, 2.05) is 6.92 Å². The number of hydrogen-bond acceptors (Lipinski definition) is 3. The molecular weight excluding hydrogens is 294 g/mol. The Morgan fingerprint density at radius 1 is 1.48 bits per heavy atom. The molecule has 21 heavy (non-hydrogen) atoms. The van der Waals surface area contributed by atoms with Crippen LogP contribution in [0.4, 0.5) is 0 Å². The standard InChI is InChI=1S/C14H18ClN3O3/c1-9-10(12(15)17(3)16-9)4-5-11(19)18-7-6-14(2,8-18)13(20)21/h4-5H,6-8H2,1-3H3,(H,20,21)/b5-4+. The number of carboxylic acids is 1. The summed E-state index contributed by atoms with van der Waals surface area (Å²) in [5, 5.41) is 13.8. The van der Waals surface area contributed by atoms with E-state index >= 15 is 0 Å². The van der Waals surface area contributed by atoms with Crippen molar-refractivity contribution in [2.24, 2.45) is 12.5 Å². The van der Waals surface area contributed by atoms with E-state index in [9.17, 15) is 14.7 Å². The van der Waals surface area contributed by atoms with Gasteiger partial charge in [0, 0.05) is 31.8 Å². The van der Waals surface area contributed by atoms with Crippen LogP contribution in [0.5, 0.6) is 0 Å². The Kier molecular flexibility index (Phi) is 4.09. The van der Waals surface area contributed by atoms with Crippen molar-refractivity contribution >= 4 is 29.6 Å². The third-order valence-corrected chi connectivity index (χ3v) is 4.34. The first-order chi connectivity index (χ1) is 9.74. The zero-order valence-corrected chi connectivity index (χ0v) is 13.0. The normalized spacial score (nSPS) is 22.2. The maximum absolute atomic E-state index is 12.1. The molecule has 1 aliphatic heterocycles. The van der Waals surface area contributed by atoms with Gasteiger partial charge in [0.25, 0.3) is 0 Å². The number of aliphatic carboxylic acids is 1. The van der Waals surface area contributed by atoms with Crippen LogP contribution in [-0.4, -0.2) is 44.8 Å². The molecule has 1 aromatic heterocycles. The van der Waals surface area contributed by atoms with Crippen molar-refractivity contribution in [1.82, 2.24) is 14.7 Å². The lowest BCUT2D eigenvalue weighted by Gasteiger charge is -2.18. The predicted molar refractivity (Wildman–Crippen MR) is 78.9 cm³/mol. The van der Waals surface area contributed by atoms with Crippen LogP contribution in [-0.2, 0) is 16.6 Å². The van der Waals surface area contributed by atoms with Crippen molar-refractivity contribution in [3.05, 3.63) is 22.5 Å². The number of nitrogens with zero attached hydrogens (tertiary/aromatic N) is 3. The Labute approximate surface area is 128 Å². The second kappa shape index (κ2) is 5.52. The highest BCUT2D eigenvalue weighted by Crippen LogP contribution is 2.30. The molecule has 6 nitrogen and oxygen atoms in total. The molecule has 7 heteroatoms. The number of aromatic nitrogens is 2. The van der Waals surface area contributed by atoms with Crippen molar-refractivity contribution in [3.8, 4) is 0 Å². The zero-order valence-electron chi connectivity index (χ0n) is 12.3. The number of carbonyl (C=O) groups excluding carboxylic acids is 1. The summed E-state index contributed by atoms with van der Waals surface area (Å²) in [5.74, 6) is -1.08. The molecule has 0 radical (unpaired) electrons. The van der Waals surface area contributed by atoms with E-state index in [0.717, 1.165) is 5.69 Å². The maximum atomic E-state index is 12.1. The van der Waals surface area contributed by atoms with E-state index in [1.165, 1.54) is 6.08 Å². The van der Waals surface area contributed by atoms with Gasteiger partial charge in [-0.25, -0.2) is 0 Å². The average Bonchev–Trinajstić information content (AvgIpc) is 2.91. The number of likely N-dealkylation sites (tertiary alicyclic amines) is 1. The van der Waals surface area contributed by atoms with Crippen LogP contribution in [0.2, 0.25) is 5.15 Å². The molecule has 0 aliphatic carbocycles. The van der Waals surface area contributed by atoms with Crippen LogP contribution < -0.4 is 0 Å². The summed E-state index contributed by atoms with van der Waals surface area (Å²) in [4.78, 5) is 24.9. The molecule has 1 amide bonds. The predicted octanol–water partition coefficient (Wildman–Crippen LogP) is 1.72. The van der Waals surface area contributed by atoms with Gasteiger partial charge in [-0.1, -0.05) is 11.6 Å². The summed E-state index contributed by atoms with van der Waals surface area (Å²) >= 11 is 6.09. The van der Waals surface area contributed by atoms with E-state index in [-0.39, 0.29) is 12.5 Å². The molecule has 1 saturated heterocycles. The van der Waals surface area contributed by atoms with Crippen LogP contribution in [0.1, 0.15) is 24.6 Å². The molecule has 2 rings (SSSR count). The van der Waals surface area contributed by atoms with Crippen molar-refractivity contribution in [3.63, 3.8) is 0 Å². The van der Waals surface area contributed by atoms with Gasteiger partial charge >= 0.3 is 5.97 Å². The molecule has 0 saturated carbocycles. The van der Waals surface area contributed by atoms with Gasteiger partial charge in [-0.3, -0.25) is 14.3 Å². The number of hydrogen-bond donors (Lipinski definition) is 1. The molecule has 0 spiro atoms. The first kappa shape index (κ1) is 15.6. The number of carbonyl (C=O) groups is 2. The fourth-order valence-corrected chi connectivity index (χ4v) is 2.66. The molecule has 0 bridgehead atoms. The SMILES string of the molecule is Cc1nn(C)c(Cl)c1/C=C/C(=O)N1CCC(C)(C(=O)O)C1. The van der Waals surface area contributed by atoms with Gasteiger partial charge in [-0.2, -0.15) is 5.10 Å². The summed E-state index contributed by atoms with van der Waals surface area (Å²) in [6, 6.07) is 0. The number of amides is 1. The lowest BCUT2D eigenvalue weighted by atomic mass is 9.90. The summed E-state index contributed by atoms with van der Waals surface area (Å²) in [5.41, 5.74) is 0.585. The van der Waals surface area contributed by atoms with Crippen LogP contribution >= 0.6 is 11.6 Å². The number of rotatable bonds is 3. The molecule has 1 N–H and O–H groups in total. The topological polar surface area (TPSA) is 75.4 Å². The second-order valence-corrected chi connectivity index (χ2v) is 5.98. The molecule has 1 fully saturated rings. The monoisotopic (exact) mass is 311 g/mol. The van der Waals surface area contributed by atoms with Crippen molar-refractivity contribution in [2.75, 3.05) is 13.1 Å². The van der Waals surface area contributed by atoms with Crippen molar-refractivity contribution in [1.29, 1.82) is 0 Å². The smallest absolute Gasteiger partial charge is 0.311 e. The fraction of sp³-hybridized carbons (Fsp3) is 0.500. The molecule has 0 aromatic carbocycles. The van der Waals surface area contributed by atoms with Gasteiger partial charge in [-0.15, -0.1) is 0 Å². The third-order valence-electron chi connectivity index (χ3n) is 3.89. The van der Waals surface area contributed by atoms with E-state index < -0.39 is 11.4 Å². The minimum Gasteiger partial charge on any atom is -0.481 e. The molecule has 114 valence electrons. The summed E-state index contributed by atoms with van der Waals surface area (Å²) in [6.07, 6.45) is 3.52. The average molecular weight is 312 g/mol. The van der Waals surface area contributed by atoms with Gasteiger partial charge in [0.15, 0.2) is 0 Å². The van der Waals surface area contributed by atoms with E-state index in [0.29, 0.717) is 23.7 Å². The van der Waals surface area contributed by atoms with Crippen molar-refractivity contribution in [2.45, 2.75) is 20.3 Å². The van der Waals surface area contributed by atoms with Gasteiger partial charge in [0.1, 0.15) is 5.15 Å². The minimum atomic E-state index is -0.868. The first-order valence-electron chi connectivity index (χ1n) is 6.64. The highest BCUT2D eigenvalue weighted by molar-refractivity contribution is 6.31. The third kappa shape index (κ3) is 2.95. The number of halogens is 1. The van der Waals surface area contributed by atoms with Gasteiger partial charge in [0.2, 0.25) is 5.91 Å². The molecule has 1 unspecified atom stereocenters. The number of carboxylic acid groups (broad SMARTS) is 1. The maximum Gasteiger partial charge on any atom is 0.311 e. The largest absolute Gasteiger partial charge is 0.481 e. The Balaban J connectivity index is 2.09. The van der Waals surface area contributed by atoms with Crippen LogP contribution in [0.15, 0.2) is 6.08 Å². The van der Waals surface area contributed by atoms with Gasteiger partial charge in [-0.05, 0) is 26.3 Å². The fourth-order valence-electron chi connectivity index (χ4n) is 2.42. The lowest BCUT2D eigenvalue weighted by Crippen LogP contribution is -2.34. The van der Waals surface area contributed by atoms with Crippen LogP contribution in [0, 0.1) is 12.3 Å². The quantitative estimate of drug-likeness (QED) is 0.862. The Bertz CT molecular complexity index is 623. The van der Waals surface area contributed by atoms with Crippen molar-refractivity contribution < 1.29 is 14.7 Å². The Morgan fingerprint density at radius 3 is 2.62 bits per heavy atom. The summed E-state index contributed by atoms with van der Waals surface area (Å²) in [6.45, 7) is 4.15. The van der Waals surface area contributed by atoms with E-state index in [2.05, 4.69) is 5.10 Å². The zero-order chi connectivity index (χ0) is 15.8. The Morgan fingerprint density at radius 2 is 2.14 bits per heavy atom. The molecule has 1 atom stereocenters. The molecule has 1 aliphatic rings. The van der Waals surface area contributed by atoms with Gasteiger partial charge in [0.05, 0.1) is 11.1 Å². The summed E-state index contributed by atoms with van der Waals surface area (Å²) < 4.78 is 1.54. The Hall–Kier alpha value is -1.82.